The highest BCUT2D eigenvalue weighted by molar-refractivity contribution is 5.99. The monoisotopic (exact) mass is 386 g/mol. The van der Waals surface area contributed by atoms with Gasteiger partial charge < -0.3 is 15.4 Å². The van der Waals surface area contributed by atoms with Gasteiger partial charge in [0.25, 0.3) is 0 Å². The number of nitrogens with zero attached hydrogens (tertiary/aromatic N) is 5. The van der Waals surface area contributed by atoms with Crippen molar-refractivity contribution in [3.05, 3.63) is 54.6 Å². The predicted molar refractivity (Wildman–Crippen MR) is 115 cm³/mol. The summed E-state index contributed by atoms with van der Waals surface area (Å²) in [5, 5.41) is 5.48. The first-order valence-corrected chi connectivity index (χ1v) is 9.75. The molecule has 2 N–H and O–H groups in total. The molecule has 1 saturated heterocycles. The third-order valence-electron chi connectivity index (χ3n) is 5.29. The van der Waals surface area contributed by atoms with Crippen molar-refractivity contribution in [1.29, 1.82) is 0 Å². The van der Waals surface area contributed by atoms with Gasteiger partial charge in [0.15, 0.2) is 5.65 Å². The average Bonchev–Trinajstić information content (AvgIpc) is 3.42. The molecule has 5 rings (SSSR count). The summed E-state index contributed by atoms with van der Waals surface area (Å²) in [6.07, 6.45) is 2.30. The Kier molecular flexibility index (Phi) is 4.27. The zero-order valence-corrected chi connectivity index (χ0v) is 16.2. The van der Waals surface area contributed by atoms with Gasteiger partial charge in [-0.3, -0.25) is 0 Å². The molecule has 2 aromatic heterocycles. The molecule has 146 valence electrons. The van der Waals surface area contributed by atoms with E-state index in [4.69, 9.17) is 25.5 Å². The molecule has 0 bridgehead atoms. The minimum absolute atomic E-state index is 0.525. The van der Waals surface area contributed by atoms with Crippen LogP contribution in [0.3, 0.4) is 0 Å². The number of fused-ring (bicyclic) bond motifs is 1. The molecule has 1 aliphatic heterocycles. The van der Waals surface area contributed by atoms with Crippen LogP contribution in [0.25, 0.3) is 28.0 Å². The molecule has 2 aromatic carbocycles. The van der Waals surface area contributed by atoms with Crippen LogP contribution in [0.5, 0.6) is 5.75 Å². The van der Waals surface area contributed by atoms with E-state index in [9.17, 15) is 0 Å². The molecule has 1 fully saturated rings. The van der Waals surface area contributed by atoms with Crippen LogP contribution in [-0.2, 0) is 0 Å². The Balaban J connectivity index is 1.77. The fourth-order valence-corrected chi connectivity index (χ4v) is 3.80. The van der Waals surface area contributed by atoms with Crippen LogP contribution >= 0.6 is 0 Å². The van der Waals surface area contributed by atoms with Crippen LogP contribution < -0.4 is 15.4 Å². The zero-order chi connectivity index (χ0) is 19.8. The summed E-state index contributed by atoms with van der Waals surface area (Å²) in [7, 11) is 1.66. The van der Waals surface area contributed by atoms with E-state index >= 15 is 0 Å². The molecule has 7 nitrogen and oxygen atoms in total. The van der Waals surface area contributed by atoms with Crippen molar-refractivity contribution in [2.75, 3.05) is 30.8 Å². The van der Waals surface area contributed by atoms with Crippen molar-refractivity contribution in [3.63, 3.8) is 0 Å². The Labute approximate surface area is 168 Å². The van der Waals surface area contributed by atoms with E-state index in [-0.39, 0.29) is 0 Å². The second-order valence-electron chi connectivity index (χ2n) is 7.13. The summed E-state index contributed by atoms with van der Waals surface area (Å²) in [4.78, 5) is 11.9. The molecular weight excluding hydrogens is 364 g/mol. The average molecular weight is 386 g/mol. The van der Waals surface area contributed by atoms with Crippen LogP contribution in [-0.4, -0.2) is 39.9 Å². The molecule has 29 heavy (non-hydrogen) atoms. The van der Waals surface area contributed by atoms with E-state index in [1.54, 1.807) is 11.8 Å². The Bertz CT molecular complexity index is 1160. The number of nitrogens with two attached hydrogens (primary N) is 1. The van der Waals surface area contributed by atoms with Gasteiger partial charge in [0.2, 0.25) is 5.95 Å². The van der Waals surface area contributed by atoms with Crippen LogP contribution in [0.15, 0.2) is 54.6 Å². The van der Waals surface area contributed by atoms with Crippen LogP contribution in [0, 0.1) is 0 Å². The van der Waals surface area contributed by atoms with Gasteiger partial charge in [-0.25, -0.2) is 9.67 Å². The molecule has 4 aromatic rings. The number of anilines is 2. The number of aromatic nitrogens is 4. The molecule has 0 atom stereocenters. The predicted octanol–water partition coefficient (Wildman–Crippen LogP) is 3.67. The molecule has 0 radical (unpaired) electrons. The fraction of sp³-hybridized carbons (Fsp3) is 0.227. The van der Waals surface area contributed by atoms with Gasteiger partial charge in [-0.2, -0.15) is 4.98 Å². The number of benzene rings is 2. The second kappa shape index (κ2) is 7.09. The van der Waals surface area contributed by atoms with Gasteiger partial charge in [-0.15, -0.1) is 5.10 Å². The minimum Gasteiger partial charge on any atom is -0.497 e. The van der Waals surface area contributed by atoms with Crippen LogP contribution in [0.4, 0.5) is 11.8 Å². The quantitative estimate of drug-likeness (QED) is 0.576. The van der Waals surface area contributed by atoms with Crippen molar-refractivity contribution in [2.24, 2.45) is 0 Å². The molecule has 3 heterocycles. The maximum absolute atomic E-state index is 6.56. The van der Waals surface area contributed by atoms with Crippen LogP contribution in [0.2, 0.25) is 0 Å². The Hall–Kier alpha value is -3.61. The van der Waals surface area contributed by atoms with E-state index in [0.717, 1.165) is 54.0 Å². The van der Waals surface area contributed by atoms with Crippen molar-refractivity contribution in [3.8, 4) is 22.7 Å². The third-order valence-corrected chi connectivity index (χ3v) is 5.29. The molecule has 0 unspecified atom stereocenters. The number of hydrogen-bond donors (Lipinski definition) is 1. The molecule has 0 spiro atoms. The third kappa shape index (κ3) is 3.04. The van der Waals surface area contributed by atoms with Gasteiger partial charge in [-0.05, 0) is 37.1 Å². The lowest BCUT2D eigenvalue weighted by atomic mass is 10.1. The minimum atomic E-state index is 0.525. The summed E-state index contributed by atoms with van der Waals surface area (Å²) in [5.41, 5.74) is 9.75. The summed E-state index contributed by atoms with van der Waals surface area (Å²) in [6.45, 7) is 1.91. The number of ether oxygens (including phenoxy) is 1. The maximum atomic E-state index is 6.56. The highest BCUT2D eigenvalue weighted by Gasteiger charge is 2.23. The Morgan fingerprint density at radius 3 is 2.52 bits per heavy atom. The number of nitrogen functional groups attached to an aromatic ring is 1. The molecular formula is C22H22N6O. The molecule has 0 saturated carbocycles. The molecule has 7 heteroatoms. The van der Waals surface area contributed by atoms with E-state index in [0.29, 0.717) is 17.4 Å². The first-order valence-electron chi connectivity index (χ1n) is 9.75. The highest BCUT2D eigenvalue weighted by atomic mass is 16.5. The maximum Gasteiger partial charge on any atom is 0.228 e. The number of hydrogen-bond acceptors (Lipinski definition) is 6. The fourth-order valence-electron chi connectivity index (χ4n) is 3.80. The molecule has 0 aliphatic carbocycles. The number of para-hydroxylation sites is 1. The van der Waals surface area contributed by atoms with Crippen molar-refractivity contribution < 1.29 is 4.74 Å². The standard InChI is InChI=1S/C22H22N6O/c1-29-17-11-7-8-15(14-17)19-18-20(23)28(16-9-3-2-4-10-16)26-21(18)25-22(24-19)27-12-5-6-13-27/h2-4,7-11,14H,5-6,12-13,23H2,1H3. The van der Waals surface area contributed by atoms with Crippen molar-refractivity contribution in [2.45, 2.75) is 12.8 Å². The number of rotatable bonds is 4. The smallest absolute Gasteiger partial charge is 0.228 e. The normalized spacial score (nSPS) is 13.9. The zero-order valence-electron chi connectivity index (χ0n) is 16.2. The van der Waals surface area contributed by atoms with Crippen molar-refractivity contribution in [1.82, 2.24) is 19.7 Å². The van der Waals surface area contributed by atoms with Gasteiger partial charge >= 0.3 is 0 Å². The first-order chi connectivity index (χ1) is 14.2. The molecule has 0 amide bonds. The van der Waals surface area contributed by atoms with Gasteiger partial charge in [0.1, 0.15) is 11.6 Å². The lowest BCUT2D eigenvalue weighted by molar-refractivity contribution is 0.415. The van der Waals surface area contributed by atoms with Gasteiger partial charge in [0, 0.05) is 18.7 Å². The summed E-state index contributed by atoms with van der Waals surface area (Å²) in [6, 6.07) is 17.7. The van der Waals surface area contributed by atoms with Crippen molar-refractivity contribution >= 4 is 22.8 Å². The first kappa shape index (κ1) is 17.5. The summed E-state index contributed by atoms with van der Waals surface area (Å²) >= 11 is 0. The lowest BCUT2D eigenvalue weighted by Gasteiger charge is -2.16. The summed E-state index contributed by atoms with van der Waals surface area (Å²) in [5.74, 6) is 1.99. The Morgan fingerprint density at radius 2 is 1.76 bits per heavy atom. The van der Waals surface area contributed by atoms with E-state index in [1.165, 1.54) is 0 Å². The molecule has 1 aliphatic rings. The van der Waals surface area contributed by atoms with Gasteiger partial charge in [-0.1, -0.05) is 30.3 Å². The van der Waals surface area contributed by atoms with E-state index in [1.807, 2.05) is 54.6 Å². The highest BCUT2D eigenvalue weighted by Crippen LogP contribution is 2.35. The van der Waals surface area contributed by atoms with E-state index < -0.39 is 0 Å². The van der Waals surface area contributed by atoms with Crippen LogP contribution in [0.1, 0.15) is 12.8 Å². The lowest BCUT2D eigenvalue weighted by Crippen LogP contribution is -2.20. The SMILES string of the molecule is COc1cccc(-c2nc(N3CCCC3)nc3nn(-c4ccccc4)c(N)c23)c1. The largest absolute Gasteiger partial charge is 0.497 e. The van der Waals surface area contributed by atoms with Gasteiger partial charge in [0.05, 0.1) is 23.9 Å². The van der Waals surface area contributed by atoms with E-state index in [2.05, 4.69) is 4.90 Å². The topological polar surface area (TPSA) is 82.1 Å². The summed E-state index contributed by atoms with van der Waals surface area (Å²) < 4.78 is 7.15. The second-order valence-corrected chi connectivity index (χ2v) is 7.13. The number of methoxy groups -OCH3 is 1. The Morgan fingerprint density at radius 1 is 0.966 bits per heavy atom.